The van der Waals surface area contributed by atoms with Crippen LogP contribution in [-0.2, 0) is 14.3 Å². The first-order chi connectivity index (χ1) is 15.6. The SMILES string of the molecule is CN1C(=O)[C@@H](NC(=O)[C@@H](N)C2CCCCC2)[C@@H](c2ccccc2)OC[C@H]1c1ccccc1. The number of nitrogens with zero attached hydrogens (tertiary/aromatic N) is 1. The molecule has 6 nitrogen and oxygen atoms in total. The van der Waals surface area contributed by atoms with Gasteiger partial charge in [-0.15, -0.1) is 0 Å². The smallest absolute Gasteiger partial charge is 0.248 e. The first kappa shape index (κ1) is 22.5. The molecule has 0 spiro atoms. The van der Waals surface area contributed by atoms with E-state index in [1.807, 2.05) is 60.7 Å². The Kier molecular flexibility index (Phi) is 7.22. The zero-order valence-corrected chi connectivity index (χ0v) is 18.7. The molecule has 2 aliphatic rings. The lowest BCUT2D eigenvalue weighted by Gasteiger charge is -2.31. The van der Waals surface area contributed by atoms with Crippen molar-refractivity contribution in [1.82, 2.24) is 10.2 Å². The first-order valence-corrected chi connectivity index (χ1v) is 11.6. The fourth-order valence-corrected chi connectivity index (χ4v) is 4.93. The predicted octanol–water partition coefficient (Wildman–Crippen LogP) is 3.35. The maximum Gasteiger partial charge on any atom is 0.248 e. The molecule has 0 bridgehead atoms. The molecule has 6 heteroatoms. The summed E-state index contributed by atoms with van der Waals surface area (Å²) in [5, 5.41) is 2.98. The van der Waals surface area contributed by atoms with Crippen LogP contribution in [0.15, 0.2) is 60.7 Å². The van der Waals surface area contributed by atoms with Gasteiger partial charge in [-0.2, -0.15) is 0 Å². The minimum Gasteiger partial charge on any atom is -0.368 e. The summed E-state index contributed by atoms with van der Waals surface area (Å²) >= 11 is 0. The standard InChI is InChI=1S/C26H33N3O3/c1-29-21(18-11-5-2-6-12-18)17-32-24(20-15-9-4-10-16-20)23(26(29)31)28-25(30)22(27)19-13-7-3-8-14-19/h2,4-6,9-12,15-16,19,21-24H,3,7-8,13-14,17,27H2,1H3,(H,28,30)/t21-,22-,23-,24+/m0/s1. The van der Waals surface area contributed by atoms with E-state index in [0.717, 1.165) is 36.8 Å². The van der Waals surface area contributed by atoms with Gasteiger partial charge >= 0.3 is 0 Å². The van der Waals surface area contributed by atoms with Gasteiger partial charge in [0.1, 0.15) is 12.1 Å². The van der Waals surface area contributed by atoms with E-state index in [-0.39, 0.29) is 23.8 Å². The third kappa shape index (κ3) is 4.87. The minimum absolute atomic E-state index is 0.163. The topological polar surface area (TPSA) is 84.7 Å². The Labute approximate surface area is 190 Å². The highest BCUT2D eigenvalue weighted by Gasteiger charge is 2.41. The molecule has 1 saturated heterocycles. The number of amides is 2. The number of rotatable bonds is 5. The van der Waals surface area contributed by atoms with Crippen molar-refractivity contribution >= 4 is 11.8 Å². The monoisotopic (exact) mass is 435 g/mol. The Hall–Kier alpha value is -2.70. The van der Waals surface area contributed by atoms with E-state index in [1.165, 1.54) is 6.42 Å². The lowest BCUT2D eigenvalue weighted by Crippen LogP contribution is -2.55. The summed E-state index contributed by atoms with van der Waals surface area (Å²) in [5.74, 6) is -0.281. The van der Waals surface area contributed by atoms with Crippen LogP contribution in [0, 0.1) is 5.92 Å². The normalized spacial score (nSPS) is 25.8. The van der Waals surface area contributed by atoms with Crippen molar-refractivity contribution in [2.75, 3.05) is 13.7 Å². The van der Waals surface area contributed by atoms with Gasteiger partial charge in [-0.25, -0.2) is 0 Å². The number of nitrogens with two attached hydrogens (primary N) is 1. The predicted molar refractivity (Wildman–Crippen MR) is 124 cm³/mol. The van der Waals surface area contributed by atoms with Gasteiger partial charge in [0.05, 0.1) is 18.7 Å². The van der Waals surface area contributed by atoms with Crippen LogP contribution in [-0.4, -0.2) is 42.5 Å². The molecule has 2 aromatic rings. The Morgan fingerprint density at radius 2 is 1.59 bits per heavy atom. The van der Waals surface area contributed by atoms with Crippen LogP contribution in [0.1, 0.15) is 55.4 Å². The molecule has 1 aliphatic carbocycles. The fraction of sp³-hybridized carbons (Fsp3) is 0.462. The van der Waals surface area contributed by atoms with Gasteiger partial charge in [-0.05, 0) is 29.9 Å². The molecule has 2 fully saturated rings. The average molecular weight is 436 g/mol. The number of benzene rings is 2. The van der Waals surface area contributed by atoms with Crippen LogP contribution in [0.3, 0.4) is 0 Å². The van der Waals surface area contributed by atoms with Crippen molar-refractivity contribution in [3.63, 3.8) is 0 Å². The summed E-state index contributed by atoms with van der Waals surface area (Å²) in [5.41, 5.74) is 8.21. The summed E-state index contributed by atoms with van der Waals surface area (Å²) in [4.78, 5) is 28.5. The number of hydrogen-bond donors (Lipinski definition) is 2. The highest BCUT2D eigenvalue weighted by Crippen LogP contribution is 2.32. The lowest BCUT2D eigenvalue weighted by atomic mass is 9.84. The van der Waals surface area contributed by atoms with Crippen molar-refractivity contribution in [1.29, 1.82) is 0 Å². The molecule has 2 aromatic carbocycles. The molecule has 0 unspecified atom stereocenters. The van der Waals surface area contributed by atoms with E-state index >= 15 is 0 Å². The van der Waals surface area contributed by atoms with Crippen molar-refractivity contribution in [3.8, 4) is 0 Å². The summed E-state index contributed by atoms with van der Waals surface area (Å²) in [7, 11) is 1.77. The summed E-state index contributed by atoms with van der Waals surface area (Å²) < 4.78 is 6.32. The maximum atomic E-state index is 13.6. The Morgan fingerprint density at radius 3 is 2.22 bits per heavy atom. The third-order valence-corrected chi connectivity index (χ3v) is 6.89. The van der Waals surface area contributed by atoms with Gasteiger partial charge in [-0.3, -0.25) is 9.59 Å². The highest BCUT2D eigenvalue weighted by molar-refractivity contribution is 5.90. The summed E-state index contributed by atoms with van der Waals surface area (Å²) in [6.07, 6.45) is 4.74. The maximum absolute atomic E-state index is 13.6. The Morgan fingerprint density at radius 1 is 1.00 bits per heavy atom. The zero-order valence-electron chi connectivity index (χ0n) is 18.7. The average Bonchev–Trinajstić information content (AvgIpc) is 2.97. The summed E-state index contributed by atoms with van der Waals surface area (Å²) in [6, 6.07) is 17.8. The molecular formula is C26H33N3O3. The van der Waals surface area contributed by atoms with Crippen LogP contribution in [0.4, 0.5) is 0 Å². The fourth-order valence-electron chi connectivity index (χ4n) is 4.93. The van der Waals surface area contributed by atoms with Gasteiger partial charge < -0.3 is 20.7 Å². The van der Waals surface area contributed by atoms with E-state index in [0.29, 0.717) is 6.61 Å². The van der Waals surface area contributed by atoms with E-state index in [2.05, 4.69) is 5.32 Å². The molecule has 1 aliphatic heterocycles. The van der Waals surface area contributed by atoms with Crippen LogP contribution in [0.25, 0.3) is 0 Å². The molecule has 3 N–H and O–H groups in total. The molecule has 4 rings (SSSR count). The number of likely N-dealkylation sites (N-methyl/N-ethyl adjacent to an activating group) is 1. The molecule has 1 heterocycles. The van der Waals surface area contributed by atoms with Gasteiger partial charge in [0.15, 0.2) is 0 Å². The number of carbonyl (C=O) groups is 2. The first-order valence-electron chi connectivity index (χ1n) is 11.6. The lowest BCUT2D eigenvalue weighted by molar-refractivity contribution is -0.138. The second kappa shape index (κ2) is 10.3. The van der Waals surface area contributed by atoms with Gasteiger partial charge in [0, 0.05) is 7.05 Å². The summed E-state index contributed by atoms with van der Waals surface area (Å²) in [6.45, 7) is 0.340. The number of hydrogen-bond acceptors (Lipinski definition) is 4. The van der Waals surface area contributed by atoms with Crippen molar-refractivity contribution in [3.05, 3.63) is 71.8 Å². The van der Waals surface area contributed by atoms with E-state index in [4.69, 9.17) is 10.5 Å². The molecule has 2 amide bonds. The van der Waals surface area contributed by atoms with Crippen LogP contribution in [0.2, 0.25) is 0 Å². The van der Waals surface area contributed by atoms with E-state index in [1.54, 1.807) is 11.9 Å². The highest BCUT2D eigenvalue weighted by atomic mass is 16.5. The molecule has 170 valence electrons. The van der Waals surface area contributed by atoms with E-state index in [9.17, 15) is 9.59 Å². The molecular weight excluding hydrogens is 402 g/mol. The van der Waals surface area contributed by atoms with Crippen LogP contribution in [0.5, 0.6) is 0 Å². The largest absolute Gasteiger partial charge is 0.368 e. The molecule has 1 saturated carbocycles. The minimum atomic E-state index is -0.835. The van der Waals surface area contributed by atoms with Gasteiger partial charge in [0.25, 0.3) is 0 Å². The molecule has 4 atom stereocenters. The zero-order chi connectivity index (χ0) is 22.5. The Bertz CT molecular complexity index is 899. The van der Waals surface area contributed by atoms with Crippen molar-refractivity contribution in [2.24, 2.45) is 11.7 Å². The second-order valence-electron chi connectivity index (χ2n) is 8.95. The van der Waals surface area contributed by atoms with Crippen molar-refractivity contribution in [2.45, 2.75) is 56.3 Å². The van der Waals surface area contributed by atoms with Crippen molar-refractivity contribution < 1.29 is 14.3 Å². The number of carbonyl (C=O) groups excluding carboxylic acids is 2. The number of nitrogens with one attached hydrogen (secondary N) is 1. The van der Waals surface area contributed by atoms with Crippen LogP contribution >= 0.6 is 0 Å². The number of ether oxygens (including phenoxy) is 1. The third-order valence-electron chi connectivity index (χ3n) is 6.89. The van der Waals surface area contributed by atoms with Crippen LogP contribution < -0.4 is 11.1 Å². The second-order valence-corrected chi connectivity index (χ2v) is 8.95. The van der Waals surface area contributed by atoms with Gasteiger partial charge in [0.2, 0.25) is 11.8 Å². The quantitative estimate of drug-likeness (QED) is 0.754. The molecule has 32 heavy (non-hydrogen) atoms. The van der Waals surface area contributed by atoms with Gasteiger partial charge in [-0.1, -0.05) is 79.9 Å². The molecule has 0 aromatic heterocycles. The Balaban J connectivity index is 1.60. The van der Waals surface area contributed by atoms with E-state index < -0.39 is 18.2 Å². The molecule has 0 radical (unpaired) electrons.